The van der Waals surface area contributed by atoms with Crippen LogP contribution in [-0.2, 0) is 4.74 Å². The topological polar surface area (TPSA) is 12.5 Å². The molecule has 70 valence electrons. The maximum Gasteiger partial charge on any atom is 0.136 e. The Labute approximate surface area is 79.1 Å². The van der Waals surface area contributed by atoms with Crippen molar-refractivity contribution < 1.29 is 4.74 Å². The molecule has 13 heavy (non-hydrogen) atoms. The van der Waals surface area contributed by atoms with Crippen LogP contribution >= 0.6 is 0 Å². The van der Waals surface area contributed by atoms with Gasteiger partial charge >= 0.3 is 0 Å². The number of aryl methyl sites for hydroxylation is 1. The Morgan fingerprint density at radius 1 is 1.31 bits per heavy atom. The van der Waals surface area contributed by atoms with Crippen molar-refractivity contribution in [1.82, 2.24) is 4.90 Å². The van der Waals surface area contributed by atoms with Gasteiger partial charge in [0.2, 0.25) is 0 Å². The summed E-state index contributed by atoms with van der Waals surface area (Å²) in [6.45, 7) is 3.97. The van der Waals surface area contributed by atoms with E-state index < -0.39 is 0 Å². The lowest BCUT2D eigenvalue weighted by Crippen LogP contribution is -2.18. The van der Waals surface area contributed by atoms with E-state index in [-0.39, 0.29) is 6.23 Å². The second-order valence-electron chi connectivity index (χ2n) is 3.61. The molecule has 1 aliphatic heterocycles. The van der Waals surface area contributed by atoms with Crippen LogP contribution < -0.4 is 0 Å². The first-order valence-corrected chi connectivity index (χ1v) is 4.66. The van der Waals surface area contributed by atoms with Crippen molar-refractivity contribution in [1.29, 1.82) is 0 Å². The summed E-state index contributed by atoms with van der Waals surface area (Å²) < 4.78 is 5.62. The van der Waals surface area contributed by atoms with Gasteiger partial charge in [-0.05, 0) is 19.5 Å². The Bertz CT molecular complexity index is 281. The van der Waals surface area contributed by atoms with Gasteiger partial charge in [0.15, 0.2) is 0 Å². The molecule has 0 aromatic heterocycles. The molecule has 0 spiro atoms. The van der Waals surface area contributed by atoms with Crippen LogP contribution in [0.1, 0.15) is 17.4 Å². The molecular formula is C11H15NO. The standard InChI is InChI=1S/C11H15NO/c1-9-3-5-10(6-4-9)11-12(2)7-8-13-11/h3-6,11H,7-8H2,1-2H3/t11-/m0/s1. The third-order valence-corrected chi connectivity index (χ3v) is 2.48. The molecular weight excluding hydrogens is 162 g/mol. The van der Waals surface area contributed by atoms with Gasteiger partial charge in [0, 0.05) is 6.54 Å². The minimum absolute atomic E-state index is 0.167. The summed E-state index contributed by atoms with van der Waals surface area (Å²) >= 11 is 0. The minimum atomic E-state index is 0.167. The number of nitrogens with zero attached hydrogens (tertiary/aromatic N) is 1. The third kappa shape index (κ3) is 1.74. The van der Waals surface area contributed by atoms with E-state index >= 15 is 0 Å². The van der Waals surface area contributed by atoms with Crippen molar-refractivity contribution in [2.45, 2.75) is 13.2 Å². The zero-order valence-corrected chi connectivity index (χ0v) is 8.16. The first-order chi connectivity index (χ1) is 6.27. The van der Waals surface area contributed by atoms with Gasteiger partial charge in [-0.2, -0.15) is 0 Å². The molecule has 2 heteroatoms. The van der Waals surface area contributed by atoms with E-state index in [2.05, 4.69) is 43.1 Å². The summed E-state index contributed by atoms with van der Waals surface area (Å²) in [5.74, 6) is 0. The number of hydrogen-bond acceptors (Lipinski definition) is 2. The first kappa shape index (κ1) is 8.73. The van der Waals surface area contributed by atoms with E-state index in [1.807, 2.05) is 0 Å². The fraction of sp³-hybridized carbons (Fsp3) is 0.455. The largest absolute Gasteiger partial charge is 0.358 e. The molecule has 0 bridgehead atoms. The van der Waals surface area contributed by atoms with E-state index in [0.29, 0.717) is 0 Å². The maximum absolute atomic E-state index is 5.62. The van der Waals surface area contributed by atoms with Crippen LogP contribution in [0.15, 0.2) is 24.3 Å². The molecule has 2 nitrogen and oxygen atoms in total. The van der Waals surface area contributed by atoms with Crippen LogP contribution in [0.5, 0.6) is 0 Å². The molecule has 1 aromatic carbocycles. The van der Waals surface area contributed by atoms with Crippen molar-refractivity contribution in [2.24, 2.45) is 0 Å². The molecule has 1 aromatic rings. The lowest BCUT2D eigenvalue weighted by molar-refractivity contribution is 0.0454. The lowest BCUT2D eigenvalue weighted by atomic mass is 10.1. The fourth-order valence-electron chi connectivity index (χ4n) is 1.63. The molecule has 1 atom stereocenters. The molecule has 1 heterocycles. The lowest BCUT2D eigenvalue weighted by Gasteiger charge is -2.18. The highest BCUT2D eigenvalue weighted by Gasteiger charge is 2.22. The average Bonchev–Trinajstić information content (AvgIpc) is 2.53. The van der Waals surface area contributed by atoms with E-state index in [4.69, 9.17) is 4.74 Å². The fourth-order valence-corrected chi connectivity index (χ4v) is 1.63. The SMILES string of the molecule is Cc1ccc([C@@H]2OCCN2C)cc1. The van der Waals surface area contributed by atoms with Gasteiger partial charge in [-0.3, -0.25) is 4.90 Å². The summed E-state index contributed by atoms with van der Waals surface area (Å²) in [5, 5.41) is 0. The van der Waals surface area contributed by atoms with Gasteiger partial charge in [0.25, 0.3) is 0 Å². The molecule has 1 saturated heterocycles. The van der Waals surface area contributed by atoms with E-state index in [1.54, 1.807) is 0 Å². The molecule has 0 unspecified atom stereocenters. The maximum atomic E-state index is 5.62. The van der Waals surface area contributed by atoms with Crippen LogP contribution in [0.25, 0.3) is 0 Å². The van der Waals surface area contributed by atoms with Gasteiger partial charge in [-0.25, -0.2) is 0 Å². The van der Waals surface area contributed by atoms with Gasteiger partial charge in [0.05, 0.1) is 6.61 Å². The summed E-state index contributed by atoms with van der Waals surface area (Å²) in [6, 6.07) is 8.54. The van der Waals surface area contributed by atoms with Crippen LogP contribution in [0.3, 0.4) is 0 Å². The Morgan fingerprint density at radius 2 is 2.00 bits per heavy atom. The third-order valence-electron chi connectivity index (χ3n) is 2.48. The van der Waals surface area contributed by atoms with E-state index in [9.17, 15) is 0 Å². The van der Waals surface area contributed by atoms with Gasteiger partial charge in [-0.15, -0.1) is 0 Å². The van der Waals surface area contributed by atoms with Crippen LogP contribution in [-0.4, -0.2) is 25.1 Å². The molecule has 0 aliphatic carbocycles. The summed E-state index contributed by atoms with van der Waals surface area (Å²) in [6.07, 6.45) is 0.167. The normalized spacial score (nSPS) is 23.7. The number of benzene rings is 1. The summed E-state index contributed by atoms with van der Waals surface area (Å²) in [7, 11) is 2.09. The van der Waals surface area contributed by atoms with Crippen LogP contribution in [0.2, 0.25) is 0 Å². The van der Waals surface area contributed by atoms with Crippen molar-refractivity contribution >= 4 is 0 Å². The Balaban J connectivity index is 2.20. The molecule has 0 amide bonds. The molecule has 2 rings (SSSR count). The zero-order valence-electron chi connectivity index (χ0n) is 8.16. The highest BCUT2D eigenvalue weighted by atomic mass is 16.5. The predicted molar refractivity (Wildman–Crippen MR) is 52.5 cm³/mol. The van der Waals surface area contributed by atoms with Gasteiger partial charge in [0.1, 0.15) is 6.23 Å². The number of ether oxygens (including phenoxy) is 1. The van der Waals surface area contributed by atoms with E-state index in [1.165, 1.54) is 11.1 Å². The second-order valence-corrected chi connectivity index (χ2v) is 3.61. The smallest absolute Gasteiger partial charge is 0.136 e. The molecule has 1 fully saturated rings. The Kier molecular flexibility index (Phi) is 2.34. The predicted octanol–water partition coefficient (Wildman–Crippen LogP) is 1.96. The van der Waals surface area contributed by atoms with Crippen molar-refractivity contribution in [3.05, 3.63) is 35.4 Å². The van der Waals surface area contributed by atoms with Crippen molar-refractivity contribution in [3.8, 4) is 0 Å². The zero-order chi connectivity index (χ0) is 9.26. The van der Waals surface area contributed by atoms with Crippen LogP contribution in [0.4, 0.5) is 0 Å². The van der Waals surface area contributed by atoms with Crippen molar-refractivity contribution in [2.75, 3.05) is 20.2 Å². The second kappa shape index (κ2) is 3.48. The molecule has 0 saturated carbocycles. The molecule has 0 radical (unpaired) electrons. The first-order valence-electron chi connectivity index (χ1n) is 4.66. The van der Waals surface area contributed by atoms with Crippen LogP contribution in [0, 0.1) is 6.92 Å². The van der Waals surface area contributed by atoms with Crippen molar-refractivity contribution in [3.63, 3.8) is 0 Å². The summed E-state index contributed by atoms with van der Waals surface area (Å²) in [4.78, 5) is 2.23. The molecule has 0 N–H and O–H groups in total. The highest BCUT2D eigenvalue weighted by molar-refractivity contribution is 5.23. The Morgan fingerprint density at radius 3 is 2.54 bits per heavy atom. The number of likely N-dealkylation sites (N-methyl/N-ethyl adjacent to an activating group) is 1. The minimum Gasteiger partial charge on any atom is -0.358 e. The van der Waals surface area contributed by atoms with Gasteiger partial charge < -0.3 is 4.74 Å². The monoisotopic (exact) mass is 177 g/mol. The Hall–Kier alpha value is -0.860. The number of hydrogen-bond donors (Lipinski definition) is 0. The average molecular weight is 177 g/mol. The van der Waals surface area contributed by atoms with Gasteiger partial charge in [-0.1, -0.05) is 29.8 Å². The summed E-state index contributed by atoms with van der Waals surface area (Å²) in [5.41, 5.74) is 2.55. The molecule has 1 aliphatic rings. The number of rotatable bonds is 1. The highest BCUT2D eigenvalue weighted by Crippen LogP contribution is 2.24. The quantitative estimate of drug-likeness (QED) is 0.650. The van der Waals surface area contributed by atoms with E-state index in [0.717, 1.165) is 13.2 Å².